The minimum atomic E-state index is -0.543. The number of carbonyl (C=O) groups is 1. The van der Waals surface area contributed by atoms with Gasteiger partial charge in [-0.3, -0.25) is 9.69 Å². The van der Waals surface area contributed by atoms with Crippen molar-refractivity contribution in [3.05, 3.63) is 52.0 Å². The van der Waals surface area contributed by atoms with Crippen LogP contribution in [0.2, 0.25) is 0 Å². The highest BCUT2D eigenvalue weighted by Gasteiger charge is 2.24. The van der Waals surface area contributed by atoms with Crippen LogP contribution in [0.4, 0.5) is 4.39 Å². The number of rotatable bonds is 6. The van der Waals surface area contributed by atoms with Gasteiger partial charge in [0.05, 0.1) is 26.4 Å². The van der Waals surface area contributed by atoms with Gasteiger partial charge in [-0.15, -0.1) is 11.3 Å². The maximum absolute atomic E-state index is 13.8. The lowest BCUT2D eigenvalue weighted by Crippen LogP contribution is -2.43. The van der Waals surface area contributed by atoms with Crippen LogP contribution in [0.15, 0.2) is 35.7 Å². The minimum absolute atomic E-state index is 0.0935. The second kappa shape index (κ2) is 8.42. The third kappa shape index (κ3) is 4.36. The number of halogens is 1. The van der Waals surface area contributed by atoms with E-state index >= 15 is 0 Å². The van der Waals surface area contributed by atoms with Crippen LogP contribution >= 0.6 is 11.3 Å². The van der Waals surface area contributed by atoms with Crippen molar-refractivity contribution in [1.82, 2.24) is 10.2 Å². The molecule has 1 amide bonds. The van der Waals surface area contributed by atoms with Crippen LogP contribution < -0.4 is 10.1 Å². The first-order valence-electron chi connectivity index (χ1n) is 8.16. The second-order valence-electron chi connectivity index (χ2n) is 5.74. The highest BCUT2D eigenvalue weighted by atomic mass is 32.1. The number of amides is 1. The van der Waals surface area contributed by atoms with Gasteiger partial charge >= 0.3 is 0 Å². The summed E-state index contributed by atoms with van der Waals surface area (Å²) in [5.74, 6) is -0.712. The number of benzene rings is 1. The minimum Gasteiger partial charge on any atom is -0.494 e. The molecule has 134 valence electrons. The molecular weight excluding hydrogens is 343 g/mol. The molecule has 0 radical (unpaired) electrons. The van der Waals surface area contributed by atoms with E-state index in [4.69, 9.17) is 9.47 Å². The number of morpholine rings is 1. The molecule has 2 aromatic rings. The third-order valence-electron chi connectivity index (χ3n) is 4.23. The van der Waals surface area contributed by atoms with E-state index in [9.17, 15) is 9.18 Å². The standard InChI is InChI=1S/C18H21FN2O3S/c1-23-16-5-4-13(11-14(16)19)18(22)20-12-15(17-3-2-10-25-17)21-6-8-24-9-7-21/h2-5,10-11,15H,6-9,12H2,1H3,(H,20,22). The van der Waals surface area contributed by atoms with Gasteiger partial charge in [0, 0.05) is 30.1 Å². The number of hydrogen-bond donors (Lipinski definition) is 1. The number of carbonyl (C=O) groups excluding carboxylic acids is 1. The lowest BCUT2D eigenvalue weighted by Gasteiger charge is -2.34. The van der Waals surface area contributed by atoms with Gasteiger partial charge in [-0.2, -0.15) is 0 Å². The van der Waals surface area contributed by atoms with Crippen molar-refractivity contribution in [2.24, 2.45) is 0 Å². The van der Waals surface area contributed by atoms with E-state index in [-0.39, 0.29) is 23.3 Å². The van der Waals surface area contributed by atoms with E-state index in [1.54, 1.807) is 17.4 Å². The van der Waals surface area contributed by atoms with Gasteiger partial charge in [0.1, 0.15) is 0 Å². The summed E-state index contributed by atoms with van der Waals surface area (Å²) in [5, 5.41) is 4.96. The van der Waals surface area contributed by atoms with Gasteiger partial charge < -0.3 is 14.8 Å². The Hall–Kier alpha value is -1.96. The fourth-order valence-electron chi connectivity index (χ4n) is 2.88. The first-order valence-corrected chi connectivity index (χ1v) is 9.04. The summed E-state index contributed by atoms with van der Waals surface area (Å²) >= 11 is 1.67. The zero-order valence-electron chi connectivity index (χ0n) is 14.0. The summed E-state index contributed by atoms with van der Waals surface area (Å²) in [6.45, 7) is 3.51. The molecule has 1 aromatic heterocycles. The Balaban J connectivity index is 1.68. The maximum atomic E-state index is 13.8. The average molecular weight is 364 g/mol. The van der Waals surface area contributed by atoms with Gasteiger partial charge in [0.15, 0.2) is 11.6 Å². The van der Waals surface area contributed by atoms with Crippen molar-refractivity contribution in [3.63, 3.8) is 0 Å². The predicted molar refractivity (Wildman–Crippen MR) is 94.7 cm³/mol. The Bertz CT molecular complexity index is 702. The summed E-state index contributed by atoms with van der Waals surface area (Å²) in [5.41, 5.74) is 0.283. The Morgan fingerprint density at radius 2 is 2.20 bits per heavy atom. The molecular formula is C18H21FN2O3S. The van der Waals surface area contributed by atoms with E-state index in [1.165, 1.54) is 24.1 Å². The molecule has 2 heterocycles. The lowest BCUT2D eigenvalue weighted by atomic mass is 10.1. The summed E-state index contributed by atoms with van der Waals surface area (Å²) in [4.78, 5) is 15.9. The third-order valence-corrected chi connectivity index (χ3v) is 5.20. The highest BCUT2D eigenvalue weighted by Crippen LogP contribution is 2.25. The van der Waals surface area contributed by atoms with Crippen molar-refractivity contribution in [2.75, 3.05) is 40.0 Å². The molecule has 0 aliphatic carbocycles. The molecule has 1 atom stereocenters. The van der Waals surface area contributed by atoms with Crippen molar-refractivity contribution >= 4 is 17.2 Å². The predicted octanol–water partition coefficient (Wildman–Crippen LogP) is 2.70. The van der Waals surface area contributed by atoms with Gasteiger partial charge in [0.2, 0.25) is 0 Å². The van der Waals surface area contributed by atoms with E-state index < -0.39 is 5.82 Å². The molecule has 7 heteroatoms. The molecule has 1 N–H and O–H groups in total. The largest absolute Gasteiger partial charge is 0.494 e. The molecule has 0 spiro atoms. The topological polar surface area (TPSA) is 50.8 Å². The van der Waals surface area contributed by atoms with E-state index in [2.05, 4.69) is 16.3 Å². The SMILES string of the molecule is COc1ccc(C(=O)NCC(c2cccs2)N2CCOCC2)cc1F. The van der Waals surface area contributed by atoms with Gasteiger partial charge in [-0.1, -0.05) is 6.07 Å². The quantitative estimate of drug-likeness (QED) is 0.856. The Kier molecular flexibility index (Phi) is 6.01. The van der Waals surface area contributed by atoms with Crippen LogP contribution in [-0.2, 0) is 4.74 Å². The molecule has 1 unspecified atom stereocenters. The Morgan fingerprint density at radius 1 is 1.40 bits per heavy atom. The molecule has 1 aliphatic rings. The fourth-order valence-corrected chi connectivity index (χ4v) is 3.74. The van der Waals surface area contributed by atoms with Crippen molar-refractivity contribution in [2.45, 2.75) is 6.04 Å². The summed E-state index contributed by atoms with van der Waals surface area (Å²) in [6, 6.07) is 8.40. The van der Waals surface area contributed by atoms with Crippen LogP contribution in [0.1, 0.15) is 21.3 Å². The number of ether oxygens (including phenoxy) is 2. The zero-order chi connectivity index (χ0) is 17.6. The van der Waals surface area contributed by atoms with E-state index in [0.29, 0.717) is 19.8 Å². The van der Waals surface area contributed by atoms with Gasteiger partial charge in [-0.25, -0.2) is 4.39 Å². The van der Waals surface area contributed by atoms with Crippen LogP contribution in [0, 0.1) is 5.82 Å². The molecule has 1 fully saturated rings. The van der Waals surface area contributed by atoms with Crippen molar-refractivity contribution < 1.29 is 18.7 Å². The number of methoxy groups -OCH3 is 1. The van der Waals surface area contributed by atoms with Gasteiger partial charge in [0.25, 0.3) is 5.91 Å². The zero-order valence-corrected chi connectivity index (χ0v) is 14.9. The van der Waals surface area contributed by atoms with Crippen LogP contribution in [0.3, 0.4) is 0 Å². The van der Waals surface area contributed by atoms with Crippen LogP contribution in [0.5, 0.6) is 5.75 Å². The smallest absolute Gasteiger partial charge is 0.251 e. The number of nitrogens with zero attached hydrogens (tertiary/aromatic N) is 1. The maximum Gasteiger partial charge on any atom is 0.251 e. The highest BCUT2D eigenvalue weighted by molar-refractivity contribution is 7.10. The first-order chi connectivity index (χ1) is 12.2. The van der Waals surface area contributed by atoms with E-state index in [0.717, 1.165) is 13.1 Å². The summed E-state index contributed by atoms with van der Waals surface area (Å²) < 4.78 is 24.1. The number of thiophene rings is 1. The summed E-state index contributed by atoms with van der Waals surface area (Å²) in [7, 11) is 1.39. The molecule has 0 bridgehead atoms. The molecule has 25 heavy (non-hydrogen) atoms. The molecule has 0 saturated carbocycles. The van der Waals surface area contributed by atoms with E-state index in [1.807, 2.05) is 11.4 Å². The average Bonchev–Trinajstić information content (AvgIpc) is 3.17. The monoisotopic (exact) mass is 364 g/mol. The molecule has 3 rings (SSSR count). The second-order valence-corrected chi connectivity index (χ2v) is 6.72. The van der Waals surface area contributed by atoms with Crippen molar-refractivity contribution in [3.8, 4) is 5.75 Å². The molecule has 1 saturated heterocycles. The normalized spacial score (nSPS) is 16.4. The lowest BCUT2D eigenvalue weighted by molar-refractivity contribution is 0.0169. The number of hydrogen-bond acceptors (Lipinski definition) is 5. The van der Waals surface area contributed by atoms with Crippen molar-refractivity contribution in [1.29, 1.82) is 0 Å². The molecule has 1 aliphatic heterocycles. The summed E-state index contributed by atoms with van der Waals surface area (Å²) in [6.07, 6.45) is 0. The van der Waals surface area contributed by atoms with Crippen LogP contribution in [-0.4, -0.2) is 50.8 Å². The Morgan fingerprint density at radius 3 is 2.84 bits per heavy atom. The molecule has 1 aromatic carbocycles. The first kappa shape index (κ1) is 17.8. The molecule has 5 nitrogen and oxygen atoms in total. The number of nitrogens with one attached hydrogen (secondary N) is 1. The fraction of sp³-hybridized carbons (Fsp3) is 0.389. The van der Waals surface area contributed by atoms with Crippen LogP contribution in [0.25, 0.3) is 0 Å². The van der Waals surface area contributed by atoms with Gasteiger partial charge in [-0.05, 0) is 29.6 Å². The Labute approximate surface area is 150 Å².